The normalized spacial score (nSPS) is 0. The van der Waals surface area contributed by atoms with Crippen LogP contribution in [0.15, 0.2) is 0 Å². The molecule has 0 unspecified atom stereocenters. The van der Waals surface area contributed by atoms with Crippen molar-refractivity contribution in [1.82, 2.24) is 0 Å². The summed E-state index contributed by atoms with van der Waals surface area (Å²) >= 11 is 0. The van der Waals surface area contributed by atoms with Gasteiger partial charge in [-0.1, -0.05) is 0 Å². The van der Waals surface area contributed by atoms with Gasteiger partial charge in [0.25, 0.3) is 0 Å². The second kappa shape index (κ2) is 18.9. The minimum absolute atomic E-state index is 0. The van der Waals surface area contributed by atoms with Gasteiger partial charge in [0, 0.05) is 17.1 Å². The molecule has 29 valence electrons. The van der Waals surface area contributed by atoms with Crippen molar-refractivity contribution >= 4 is 56.7 Å². The molecule has 0 aromatic carbocycles. The van der Waals surface area contributed by atoms with Crippen molar-refractivity contribution in [3.05, 3.63) is 0 Å². The van der Waals surface area contributed by atoms with E-state index in [4.69, 9.17) is 0 Å². The molecule has 3 radical (unpaired) electrons. The van der Waals surface area contributed by atoms with Gasteiger partial charge in [-0.05, 0) is 0 Å². The molecular weight excluding hydrogens is 377 g/mol. The van der Waals surface area contributed by atoms with Crippen molar-refractivity contribution < 1.29 is 17.1 Å². The van der Waals surface area contributed by atoms with E-state index in [1.807, 2.05) is 0 Å². The maximum atomic E-state index is 0. The summed E-state index contributed by atoms with van der Waals surface area (Å²) in [5.41, 5.74) is 0. The molecule has 0 nitrogen and oxygen atoms in total. The standard InChI is InChI=1S/BrH.ClH.Mn.Pb.2H/h2*1H;;;;. The molecule has 0 saturated heterocycles. The van der Waals surface area contributed by atoms with E-state index in [0.717, 1.165) is 0 Å². The molecule has 0 atom stereocenters. The van der Waals surface area contributed by atoms with Crippen LogP contribution in [0.5, 0.6) is 0 Å². The van der Waals surface area contributed by atoms with Crippen LogP contribution >= 0.6 is 29.4 Å². The van der Waals surface area contributed by atoms with E-state index in [9.17, 15) is 0 Å². The summed E-state index contributed by atoms with van der Waals surface area (Å²) in [7, 11) is 0. The van der Waals surface area contributed by atoms with Crippen molar-refractivity contribution in [3.63, 3.8) is 0 Å². The van der Waals surface area contributed by atoms with Gasteiger partial charge in [0.05, 0.1) is 0 Å². The van der Waals surface area contributed by atoms with Gasteiger partial charge in [-0.2, -0.15) is 0 Å². The third-order valence-corrected chi connectivity index (χ3v) is 0. The fraction of sp³-hybridized carbons (Fsp3) is 0. The molecule has 0 amide bonds. The topological polar surface area (TPSA) is 0 Å². The Bertz CT molecular complexity index is 8.00. The van der Waals surface area contributed by atoms with Gasteiger partial charge < -0.3 is 0 Å². The molecule has 0 saturated carbocycles. The summed E-state index contributed by atoms with van der Waals surface area (Å²) in [6.07, 6.45) is 0. The first kappa shape index (κ1) is 34.5. The molecule has 0 aliphatic carbocycles. The van der Waals surface area contributed by atoms with Crippen LogP contribution in [0.4, 0.5) is 0 Å². The fourth-order valence-electron chi connectivity index (χ4n) is 0. The van der Waals surface area contributed by atoms with Crippen LogP contribution in [0.2, 0.25) is 0 Å². The zero-order valence-corrected chi connectivity index (χ0v) is 11.1. The summed E-state index contributed by atoms with van der Waals surface area (Å²) in [4.78, 5) is 0. The zero-order chi connectivity index (χ0) is 0. The quantitative estimate of drug-likeness (QED) is 0.522. The van der Waals surface area contributed by atoms with Gasteiger partial charge in [0.1, 0.15) is 0 Å². The second-order valence-electron chi connectivity index (χ2n) is 0. The monoisotopic (exact) mass is 381 g/mol. The van der Waals surface area contributed by atoms with E-state index < -0.39 is 0 Å². The SMILES string of the molecule is Br.Cl.[Mn].[PbH2]. The summed E-state index contributed by atoms with van der Waals surface area (Å²) in [6, 6.07) is 0. The Morgan fingerprint density at radius 3 is 1.00 bits per heavy atom. The Labute approximate surface area is 72.9 Å². The van der Waals surface area contributed by atoms with Crippen molar-refractivity contribution in [2.24, 2.45) is 0 Å². The maximum absolute atomic E-state index is 0. The Balaban J connectivity index is 0. The Morgan fingerprint density at radius 1 is 1.00 bits per heavy atom. The van der Waals surface area contributed by atoms with E-state index >= 15 is 0 Å². The molecule has 0 aliphatic heterocycles. The van der Waals surface area contributed by atoms with Gasteiger partial charge in [-0.25, -0.2) is 0 Å². The Hall–Kier alpha value is 2.21. The summed E-state index contributed by atoms with van der Waals surface area (Å²) in [5, 5.41) is 0. The fourth-order valence-corrected chi connectivity index (χ4v) is 0. The van der Waals surface area contributed by atoms with Crippen LogP contribution in [-0.2, 0) is 17.1 Å². The van der Waals surface area contributed by atoms with Crippen LogP contribution < -0.4 is 0 Å². The molecule has 0 fully saturated rings. The molecular formula is H4BrClMnPb. The molecule has 0 spiro atoms. The Morgan fingerprint density at radius 2 is 1.00 bits per heavy atom. The number of hydrogen-bond donors (Lipinski definition) is 0. The predicted molar refractivity (Wildman–Crippen MR) is 26.1 cm³/mol. The predicted octanol–water partition coefficient (Wildman–Crippen LogP) is 0.0810. The third-order valence-electron chi connectivity index (χ3n) is 0. The van der Waals surface area contributed by atoms with Crippen molar-refractivity contribution in [1.29, 1.82) is 0 Å². The molecule has 0 heterocycles. The van der Waals surface area contributed by atoms with E-state index in [-0.39, 0.29) is 73.8 Å². The molecule has 0 N–H and O–H groups in total. The van der Waals surface area contributed by atoms with Gasteiger partial charge >= 0.3 is 27.3 Å². The first-order valence-corrected chi connectivity index (χ1v) is 0. The van der Waals surface area contributed by atoms with Crippen LogP contribution in [0.3, 0.4) is 0 Å². The van der Waals surface area contributed by atoms with Gasteiger partial charge in [-0.3, -0.25) is 0 Å². The van der Waals surface area contributed by atoms with E-state index in [0.29, 0.717) is 0 Å². The van der Waals surface area contributed by atoms with E-state index in [1.54, 1.807) is 0 Å². The third kappa shape index (κ3) is 8.88. The van der Waals surface area contributed by atoms with Crippen molar-refractivity contribution in [2.45, 2.75) is 0 Å². The van der Waals surface area contributed by atoms with Crippen LogP contribution in [-0.4, -0.2) is 27.3 Å². The summed E-state index contributed by atoms with van der Waals surface area (Å²) in [6.45, 7) is 0. The van der Waals surface area contributed by atoms with Crippen molar-refractivity contribution in [2.75, 3.05) is 0 Å². The minimum atomic E-state index is 0. The van der Waals surface area contributed by atoms with E-state index in [1.165, 1.54) is 0 Å². The van der Waals surface area contributed by atoms with Gasteiger partial charge in [-0.15, -0.1) is 29.4 Å². The molecule has 0 rings (SSSR count). The number of rotatable bonds is 0. The molecule has 0 aromatic heterocycles. The second-order valence-corrected chi connectivity index (χ2v) is 0. The average Bonchev–Trinajstić information content (AvgIpc) is 0. The number of hydrogen-bond acceptors (Lipinski definition) is 0. The number of halogens is 2. The van der Waals surface area contributed by atoms with Crippen LogP contribution in [0.1, 0.15) is 0 Å². The summed E-state index contributed by atoms with van der Waals surface area (Å²) < 4.78 is 0. The van der Waals surface area contributed by atoms with Crippen LogP contribution in [0, 0.1) is 0 Å². The van der Waals surface area contributed by atoms with Crippen molar-refractivity contribution in [3.8, 4) is 0 Å². The van der Waals surface area contributed by atoms with Gasteiger partial charge in [0.15, 0.2) is 0 Å². The molecule has 0 aliphatic rings. The summed E-state index contributed by atoms with van der Waals surface area (Å²) in [5.74, 6) is 0. The zero-order valence-electron chi connectivity index (χ0n) is 1.90. The molecule has 0 bridgehead atoms. The van der Waals surface area contributed by atoms with Crippen LogP contribution in [0.25, 0.3) is 0 Å². The first-order valence-electron chi connectivity index (χ1n) is 0. The van der Waals surface area contributed by atoms with E-state index in [2.05, 4.69) is 0 Å². The average molecular weight is 382 g/mol. The first-order chi connectivity index (χ1) is 0. The molecule has 4 heavy (non-hydrogen) atoms. The molecule has 4 heteroatoms. The van der Waals surface area contributed by atoms with Gasteiger partial charge in [0.2, 0.25) is 0 Å². The Kier molecular flexibility index (Phi) is 163. The molecule has 0 aromatic rings.